The number of rotatable bonds is 18. The van der Waals surface area contributed by atoms with Crippen molar-refractivity contribution in [1.82, 2.24) is 46.3 Å². The Labute approximate surface area is 717 Å². The van der Waals surface area contributed by atoms with Crippen LogP contribution in [0.1, 0.15) is 115 Å². The van der Waals surface area contributed by atoms with Crippen LogP contribution in [-0.2, 0) is 86.5 Å². The predicted octanol–water partition coefficient (Wildman–Crippen LogP) is 7.40. The molecule has 0 saturated carbocycles. The van der Waals surface area contributed by atoms with Gasteiger partial charge in [0.1, 0.15) is 28.7 Å². The molecule has 9 heterocycles. The van der Waals surface area contributed by atoms with Crippen molar-refractivity contribution in [3.63, 3.8) is 0 Å². The molecule has 636 valence electrons. The van der Waals surface area contributed by atoms with Gasteiger partial charge in [0.2, 0.25) is 29.2 Å². The number of benzene rings is 5. The molecule has 4 amide bonds. The van der Waals surface area contributed by atoms with E-state index in [0.29, 0.717) is 65.0 Å². The van der Waals surface area contributed by atoms with Crippen molar-refractivity contribution in [3.8, 4) is 34.8 Å². The molecule has 1 aromatic heterocycles. The van der Waals surface area contributed by atoms with Crippen LogP contribution in [0.3, 0.4) is 0 Å². The molecule has 14 rings (SSSR count). The maximum Gasteiger partial charge on any atom is 0.335 e. The number of thiocarbonyl (C=S) groups is 4. The molecule has 117 heavy (non-hydrogen) atoms. The number of aliphatic carboxylic acids is 1. The summed E-state index contributed by atoms with van der Waals surface area (Å²) in [4.78, 5) is 99.9. The summed E-state index contributed by atoms with van der Waals surface area (Å²) < 4.78 is 30.0. The van der Waals surface area contributed by atoms with E-state index in [0.717, 1.165) is 150 Å². The number of pyridine rings is 1. The summed E-state index contributed by atoms with van der Waals surface area (Å²) >= 11 is 21.9. The number of aromatic nitrogens is 1. The van der Waals surface area contributed by atoms with E-state index in [1.165, 1.54) is 36.1 Å². The number of amides is 4. The molecule has 0 radical (unpaired) electrons. The molecule has 14 N–H and O–H groups in total. The van der Waals surface area contributed by atoms with E-state index in [1.54, 1.807) is 35.5 Å². The molecule has 8 aliphatic heterocycles. The van der Waals surface area contributed by atoms with Gasteiger partial charge in [-0.2, -0.15) is 5.26 Å². The van der Waals surface area contributed by atoms with Crippen molar-refractivity contribution in [2.24, 2.45) is 33.8 Å². The summed E-state index contributed by atoms with van der Waals surface area (Å²) in [7, 11) is 9.65. The second-order valence-corrected chi connectivity index (χ2v) is 30.1. The minimum absolute atomic E-state index is 0. The van der Waals surface area contributed by atoms with Gasteiger partial charge >= 0.3 is 17.9 Å². The third-order valence-corrected chi connectivity index (χ3v) is 22.2. The number of piperidine rings is 5. The van der Waals surface area contributed by atoms with Crippen LogP contribution in [0.5, 0.6) is 28.7 Å². The number of nitrogens with zero attached hydrogens (tertiary/aromatic N) is 4. The number of hydrogen-bond donors (Lipinski definition) is 9. The van der Waals surface area contributed by atoms with E-state index in [1.807, 2.05) is 102 Å². The molecule has 8 fully saturated rings. The zero-order valence-electron chi connectivity index (χ0n) is 66.5. The molecule has 5 aromatic carbocycles. The maximum atomic E-state index is 12.3. The molecule has 6 aromatic rings. The summed E-state index contributed by atoms with van der Waals surface area (Å²) in [6, 6.07) is 44.3. The van der Waals surface area contributed by atoms with Crippen molar-refractivity contribution < 1.29 is 104 Å². The van der Waals surface area contributed by atoms with Crippen LogP contribution in [-0.4, -0.2) is 197 Å². The standard InChI is InChI=1S/C15H18N2O3.2C15H18N2OS2.C11H13NO.C8H11NO.C7H11NO3.C6H9NO3.C6H5NO3.2H2O.Pd/c1-20-12-4-2-11(3-5-12)9-17-10-15(14(17)19)6-7-16-13(18)8-15;2*1-18-12-4-2-11(3-5-12)9-17-10-15(14(17)20)6-7-16-13(19)8-15;1-13-11-7-5-10(6-8-11)4-2-3-9-12;1-10-8-4-2-7(6-9)3-5-8;1-11-7(10)5-2-3-8-6(9)4-5;2*8-5-3-4(6(9)10)1-2-7-5;;;/h2-5H,6-10H2,1H3,(H,16,18);2*2-5H,6-10H2,1H3,(H,16,19);5-8H,2-4H2,1H3;2-5H,6,9H2,1H3;5H,2-4H2,1H3,(H,8,9);4H,1-3H2,(H,7,8)(H,9,10);1-3H,(H,7,8)(H,9,10);2*1H2;. The van der Waals surface area contributed by atoms with Gasteiger partial charge in [-0.05, 0) is 139 Å². The van der Waals surface area contributed by atoms with E-state index < -0.39 is 28.8 Å². The van der Waals surface area contributed by atoms with Crippen molar-refractivity contribution in [2.45, 2.75) is 110 Å². The topological polar surface area (TPSA) is 431 Å². The number of esters is 1. The molecule has 0 aliphatic carbocycles. The molecule has 29 nitrogen and oxygen atoms in total. The second kappa shape index (κ2) is 49.9. The number of nitriles is 1. The largest absolute Gasteiger partial charge is 0.497 e. The normalized spacial score (nSPS) is 20.1. The second-order valence-electron chi connectivity index (χ2n) is 28.3. The van der Waals surface area contributed by atoms with Crippen LogP contribution >= 0.6 is 48.9 Å². The molecular weight excluding hydrogens is 1670 g/mol. The van der Waals surface area contributed by atoms with Gasteiger partial charge in [0.25, 0.3) is 0 Å². The number of nitrogens with one attached hydrogen (secondary N) is 6. The Bertz CT molecular complexity index is 4110. The summed E-state index contributed by atoms with van der Waals surface area (Å²) in [5.41, 5.74) is 10.9. The van der Waals surface area contributed by atoms with Gasteiger partial charge < -0.3 is 102 Å². The Kier molecular flexibility index (Phi) is 42.3. The maximum absolute atomic E-state index is 12.3. The summed E-state index contributed by atoms with van der Waals surface area (Å²) in [6.45, 7) is 9.29. The van der Waals surface area contributed by atoms with Crippen LogP contribution in [0.4, 0.5) is 0 Å². The molecule has 0 bridgehead atoms. The number of carbonyl (C=O) groups excluding carboxylic acids is 5. The smallest absolute Gasteiger partial charge is 0.335 e. The summed E-state index contributed by atoms with van der Waals surface area (Å²) in [5.74, 6) is 1.30. The number of β-lactam (4-membered cyclic amide) rings is 1. The number of hydrogen-bond acceptors (Lipinski definition) is 20. The average molecular weight is 1780 g/mol. The number of carboxylic acids is 2. The number of unbranched alkanes of at least 4 members (excludes halogenated alkanes) is 1. The van der Waals surface area contributed by atoms with Crippen LogP contribution in [0, 0.1) is 39.4 Å². The van der Waals surface area contributed by atoms with Crippen molar-refractivity contribution >= 4 is 110 Å². The van der Waals surface area contributed by atoms with E-state index in [-0.39, 0.29) is 96.1 Å². The predicted molar refractivity (Wildman–Crippen MR) is 454 cm³/mol. The molecule has 5 atom stereocenters. The minimum Gasteiger partial charge on any atom is -0.497 e. The fourth-order valence-electron chi connectivity index (χ4n) is 13.8. The van der Waals surface area contributed by atoms with Gasteiger partial charge in [0.05, 0.1) is 91.5 Å². The Balaban J connectivity index is 0.000000285. The first-order valence-electron chi connectivity index (χ1n) is 37.4. The Morgan fingerprint density at radius 2 is 0.880 bits per heavy atom. The number of ether oxygens (including phenoxy) is 6. The number of likely N-dealkylation sites (tertiary alicyclic amines) is 3. The Morgan fingerprint density at radius 1 is 0.504 bits per heavy atom. The fraction of sp³-hybridized carbons (Fsp3) is 0.434. The number of H-pyrrole nitrogens is 1. The van der Waals surface area contributed by atoms with Crippen LogP contribution in [0.2, 0.25) is 0 Å². The van der Waals surface area contributed by atoms with Gasteiger partial charge in [-0.3, -0.25) is 33.6 Å². The van der Waals surface area contributed by atoms with Crippen molar-refractivity contribution in [1.29, 1.82) is 5.26 Å². The summed E-state index contributed by atoms with van der Waals surface area (Å²) in [5, 5.41) is 39.7. The van der Waals surface area contributed by atoms with E-state index >= 15 is 0 Å². The fourth-order valence-corrected chi connectivity index (χ4v) is 15.3. The molecule has 5 unspecified atom stereocenters. The number of carbonyl (C=O) groups is 7. The number of methoxy groups -OCH3 is 6. The first-order chi connectivity index (χ1) is 54.7. The first-order valence-corrected chi connectivity index (χ1v) is 39.0. The van der Waals surface area contributed by atoms with Crippen LogP contribution in [0.25, 0.3) is 0 Å². The summed E-state index contributed by atoms with van der Waals surface area (Å²) in [6.07, 6.45) is 10.6. The van der Waals surface area contributed by atoms with E-state index in [9.17, 15) is 38.4 Å². The van der Waals surface area contributed by atoms with Gasteiger partial charge in [0.15, 0.2) is 0 Å². The minimum atomic E-state index is -1.09. The number of nitrogens with two attached hydrogens (primary N) is 1. The Hall–Kier alpha value is -10.1. The molecular formula is C83H107N11O18PdS4. The van der Waals surface area contributed by atoms with E-state index in [2.05, 4.69) is 76.4 Å². The molecule has 8 saturated heterocycles. The van der Waals surface area contributed by atoms with Crippen LogP contribution < -0.4 is 61.6 Å². The zero-order valence-corrected chi connectivity index (χ0v) is 71.4. The first kappa shape index (κ1) is 99.3. The number of aromatic amines is 1. The van der Waals surface area contributed by atoms with E-state index in [4.69, 9.17) is 93.8 Å². The zero-order chi connectivity index (χ0) is 82.8. The van der Waals surface area contributed by atoms with Crippen molar-refractivity contribution in [2.75, 3.05) is 95.0 Å². The average Bonchev–Trinajstić information content (AvgIpc) is 0.756. The molecule has 8 aliphatic rings. The quantitative estimate of drug-likeness (QED) is 0.0133. The number of aryl methyl sites for hydroxylation is 1. The third-order valence-electron chi connectivity index (χ3n) is 20.3. The Morgan fingerprint density at radius 3 is 1.21 bits per heavy atom. The molecule has 34 heteroatoms. The van der Waals surface area contributed by atoms with Gasteiger partial charge in [-0.1, -0.05) is 110 Å². The third kappa shape index (κ3) is 30.4. The van der Waals surface area contributed by atoms with Gasteiger partial charge in [-0.15, -0.1) is 0 Å². The SMILES string of the molecule is COC(=O)C1CCNC(=O)C1.COc1ccc(CCCC#N)cc1.COc1ccc(CN)cc1.COc1ccc(CN2CC3(CCNC(=O)C3)C2=O)cc1.COc1ccc(CN2CC3(CCNC(=S)C3)C2=S)cc1.COc1ccc(CN2CC3(CCNC(=S)C3)C2=S)cc1.O.O.O=C(O)c1cc[nH]c(=O)c1.O=C1CC(C(=O)O)CCN1.[Pd]. The number of aromatic carboxylic acids is 1. The van der Waals surface area contributed by atoms with Crippen LogP contribution in [0.15, 0.2) is 144 Å². The molecule has 3 spiro atoms. The van der Waals surface area contributed by atoms with Crippen molar-refractivity contribution in [3.05, 3.63) is 183 Å². The number of carboxylic acid groups (broad SMARTS) is 2. The van der Waals surface area contributed by atoms with Gasteiger partial charge in [-0.25, -0.2) is 4.79 Å². The monoisotopic (exact) mass is 1780 g/mol. The van der Waals surface area contributed by atoms with Gasteiger partial charge in [0, 0.05) is 161 Å².